The van der Waals surface area contributed by atoms with E-state index in [9.17, 15) is 9.59 Å². The molecule has 1 aromatic heterocycles. The third-order valence-electron chi connectivity index (χ3n) is 5.95. The van der Waals surface area contributed by atoms with Crippen molar-refractivity contribution >= 4 is 22.8 Å². The predicted molar refractivity (Wildman–Crippen MR) is 128 cm³/mol. The van der Waals surface area contributed by atoms with Crippen LogP contribution in [0.5, 0.6) is 0 Å². The summed E-state index contributed by atoms with van der Waals surface area (Å²) in [7, 11) is 1.83. The maximum Gasteiger partial charge on any atom is 0.242 e. The number of amides is 2. The van der Waals surface area contributed by atoms with Gasteiger partial charge in [-0.1, -0.05) is 56.3 Å². The number of carbonyl (C=O) groups is 2. The number of para-hydroxylation sites is 2. The fourth-order valence-corrected chi connectivity index (χ4v) is 3.96. The molecule has 0 unspecified atom stereocenters. The fraction of sp³-hybridized carbons (Fsp3) is 0.423. The highest BCUT2D eigenvalue weighted by Crippen LogP contribution is 2.18. The van der Waals surface area contributed by atoms with Gasteiger partial charge in [-0.05, 0) is 37.0 Å². The molecule has 32 heavy (non-hydrogen) atoms. The predicted octanol–water partition coefficient (Wildman–Crippen LogP) is 4.18. The molecule has 3 rings (SSSR count). The molecule has 6 nitrogen and oxygen atoms in total. The monoisotopic (exact) mass is 434 g/mol. The second kappa shape index (κ2) is 11.5. The SMILES string of the molecule is CCC(CC)C(=O)NCCCc1nc2ccccc2n1CC(=O)N(C)Cc1ccccc1. The molecule has 1 N–H and O–H groups in total. The molecular formula is C26H34N4O2. The van der Waals surface area contributed by atoms with Crippen LogP contribution in [0.3, 0.4) is 0 Å². The van der Waals surface area contributed by atoms with Crippen molar-refractivity contribution in [3.63, 3.8) is 0 Å². The number of imidazole rings is 1. The molecule has 2 aromatic carbocycles. The molecule has 0 saturated carbocycles. The Morgan fingerprint density at radius 2 is 1.72 bits per heavy atom. The van der Waals surface area contributed by atoms with Crippen molar-refractivity contribution < 1.29 is 9.59 Å². The molecule has 170 valence electrons. The molecule has 3 aromatic rings. The van der Waals surface area contributed by atoms with E-state index in [1.807, 2.05) is 80.1 Å². The zero-order valence-electron chi connectivity index (χ0n) is 19.4. The average molecular weight is 435 g/mol. The van der Waals surface area contributed by atoms with Gasteiger partial charge in [0.1, 0.15) is 12.4 Å². The van der Waals surface area contributed by atoms with E-state index in [-0.39, 0.29) is 24.3 Å². The largest absolute Gasteiger partial charge is 0.356 e. The molecule has 0 aliphatic rings. The topological polar surface area (TPSA) is 67.2 Å². The van der Waals surface area contributed by atoms with Crippen molar-refractivity contribution in [2.45, 2.75) is 52.6 Å². The Balaban J connectivity index is 1.66. The fourth-order valence-electron chi connectivity index (χ4n) is 3.96. The van der Waals surface area contributed by atoms with Crippen LogP contribution in [0.2, 0.25) is 0 Å². The van der Waals surface area contributed by atoms with Crippen LogP contribution in [0.4, 0.5) is 0 Å². The Bertz CT molecular complexity index is 1020. The second-order valence-corrected chi connectivity index (χ2v) is 8.25. The van der Waals surface area contributed by atoms with Gasteiger partial charge in [0.15, 0.2) is 0 Å². The summed E-state index contributed by atoms with van der Waals surface area (Å²) in [5.74, 6) is 1.13. The molecule has 1 heterocycles. The van der Waals surface area contributed by atoms with Crippen LogP contribution < -0.4 is 5.32 Å². The number of rotatable bonds is 11. The van der Waals surface area contributed by atoms with Crippen molar-refractivity contribution in [1.29, 1.82) is 0 Å². The third kappa shape index (κ3) is 5.96. The zero-order chi connectivity index (χ0) is 22.9. The summed E-state index contributed by atoms with van der Waals surface area (Å²) in [5.41, 5.74) is 2.96. The summed E-state index contributed by atoms with van der Waals surface area (Å²) < 4.78 is 2.02. The van der Waals surface area contributed by atoms with Gasteiger partial charge in [0.05, 0.1) is 11.0 Å². The molecule has 0 radical (unpaired) electrons. The highest BCUT2D eigenvalue weighted by Gasteiger charge is 2.17. The van der Waals surface area contributed by atoms with Gasteiger partial charge in [-0.25, -0.2) is 4.98 Å². The number of aryl methyl sites for hydroxylation is 1. The summed E-state index contributed by atoms with van der Waals surface area (Å²) in [6.07, 6.45) is 3.20. The second-order valence-electron chi connectivity index (χ2n) is 8.25. The minimum atomic E-state index is 0.0419. The molecule has 0 aliphatic heterocycles. The van der Waals surface area contributed by atoms with Crippen LogP contribution in [0, 0.1) is 5.92 Å². The first kappa shape index (κ1) is 23.5. The van der Waals surface area contributed by atoms with Crippen molar-refractivity contribution in [2.75, 3.05) is 13.6 Å². The lowest BCUT2D eigenvalue weighted by atomic mass is 10.0. The maximum atomic E-state index is 13.0. The Kier molecular flexibility index (Phi) is 8.42. The van der Waals surface area contributed by atoms with E-state index < -0.39 is 0 Å². The lowest BCUT2D eigenvalue weighted by Crippen LogP contribution is -2.31. The lowest BCUT2D eigenvalue weighted by molar-refractivity contribution is -0.131. The molecule has 0 atom stereocenters. The first-order valence-electron chi connectivity index (χ1n) is 11.5. The molecular weight excluding hydrogens is 400 g/mol. The van der Waals surface area contributed by atoms with Crippen LogP contribution in [-0.4, -0.2) is 39.9 Å². The summed E-state index contributed by atoms with van der Waals surface area (Å²) in [6, 6.07) is 17.9. The van der Waals surface area contributed by atoms with Crippen LogP contribution in [0.25, 0.3) is 11.0 Å². The highest BCUT2D eigenvalue weighted by molar-refractivity contribution is 5.81. The number of aromatic nitrogens is 2. The van der Waals surface area contributed by atoms with Crippen molar-refractivity contribution in [2.24, 2.45) is 5.92 Å². The van der Waals surface area contributed by atoms with Gasteiger partial charge in [0, 0.05) is 32.5 Å². The lowest BCUT2D eigenvalue weighted by Gasteiger charge is -2.19. The summed E-state index contributed by atoms with van der Waals surface area (Å²) in [6.45, 7) is 5.52. The number of nitrogens with zero attached hydrogens (tertiary/aromatic N) is 3. The number of benzene rings is 2. The van der Waals surface area contributed by atoms with Gasteiger partial charge in [0.25, 0.3) is 0 Å². The van der Waals surface area contributed by atoms with Gasteiger partial charge in [-0.15, -0.1) is 0 Å². The van der Waals surface area contributed by atoms with Gasteiger partial charge >= 0.3 is 0 Å². The number of nitrogens with one attached hydrogen (secondary N) is 1. The number of likely N-dealkylation sites (N-methyl/N-ethyl adjacent to an activating group) is 1. The van der Waals surface area contributed by atoms with Crippen LogP contribution >= 0.6 is 0 Å². The average Bonchev–Trinajstić information content (AvgIpc) is 3.15. The Morgan fingerprint density at radius 3 is 2.44 bits per heavy atom. The van der Waals surface area contributed by atoms with Gasteiger partial charge < -0.3 is 14.8 Å². The molecule has 0 spiro atoms. The smallest absolute Gasteiger partial charge is 0.242 e. The van der Waals surface area contributed by atoms with E-state index in [4.69, 9.17) is 4.98 Å². The van der Waals surface area contributed by atoms with Crippen LogP contribution in [0.15, 0.2) is 54.6 Å². The number of carbonyl (C=O) groups excluding carboxylic acids is 2. The van der Waals surface area contributed by atoms with E-state index in [1.54, 1.807) is 4.90 Å². The van der Waals surface area contributed by atoms with Gasteiger partial charge in [-0.2, -0.15) is 0 Å². The number of fused-ring (bicyclic) bond motifs is 1. The molecule has 0 saturated heterocycles. The van der Waals surface area contributed by atoms with E-state index >= 15 is 0 Å². The highest BCUT2D eigenvalue weighted by atomic mass is 16.2. The van der Waals surface area contributed by atoms with E-state index in [1.165, 1.54) is 0 Å². The summed E-state index contributed by atoms with van der Waals surface area (Å²) in [5, 5.41) is 3.04. The van der Waals surface area contributed by atoms with Crippen molar-refractivity contribution in [3.05, 3.63) is 66.0 Å². The Labute approximate surface area is 190 Å². The molecule has 6 heteroatoms. The number of hydrogen-bond acceptors (Lipinski definition) is 3. The standard InChI is InChI=1S/C26H34N4O2/c1-4-21(5-2)26(32)27-17-11-16-24-28-22-14-9-10-15-23(22)30(24)19-25(31)29(3)18-20-12-7-6-8-13-20/h6-10,12-15,21H,4-5,11,16-19H2,1-3H3,(H,27,32). The summed E-state index contributed by atoms with van der Waals surface area (Å²) >= 11 is 0. The molecule has 0 bridgehead atoms. The van der Waals surface area contributed by atoms with Crippen LogP contribution in [0.1, 0.15) is 44.5 Å². The zero-order valence-corrected chi connectivity index (χ0v) is 19.4. The Morgan fingerprint density at radius 1 is 1.03 bits per heavy atom. The van der Waals surface area contributed by atoms with E-state index in [0.717, 1.165) is 41.7 Å². The van der Waals surface area contributed by atoms with E-state index in [2.05, 4.69) is 5.32 Å². The van der Waals surface area contributed by atoms with Crippen molar-refractivity contribution in [1.82, 2.24) is 19.8 Å². The Hall–Kier alpha value is -3.15. The normalized spacial score (nSPS) is 11.1. The van der Waals surface area contributed by atoms with Crippen LogP contribution in [-0.2, 0) is 29.1 Å². The quantitative estimate of drug-likeness (QED) is 0.461. The maximum absolute atomic E-state index is 13.0. The first-order valence-corrected chi connectivity index (χ1v) is 11.5. The minimum absolute atomic E-state index is 0.0419. The minimum Gasteiger partial charge on any atom is -0.356 e. The third-order valence-corrected chi connectivity index (χ3v) is 5.95. The van der Waals surface area contributed by atoms with Crippen molar-refractivity contribution in [3.8, 4) is 0 Å². The number of hydrogen-bond donors (Lipinski definition) is 1. The first-order chi connectivity index (χ1) is 15.5. The molecule has 0 fully saturated rings. The van der Waals surface area contributed by atoms with Gasteiger partial charge in [-0.3, -0.25) is 9.59 Å². The summed E-state index contributed by atoms with van der Waals surface area (Å²) in [4.78, 5) is 31.7. The van der Waals surface area contributed by atoms with E-state index in [0.29, 0.717) is 19.5 Å². The molecule has 0 aliphatic carbocycles. The molecule has 2 amide bonds. The van der Waals surface area contributed by atoms with Gasteiger partial charge in [0.2, 0.25) is 11.8 Å².